The van der Waals surface area contributed by atoms with Gasteiger partial charge in [0.2, 0.25) is 0 Å². The number of halogens is 1. The maximum Gasteiger partial charge on any atom is 0.278 e. The van der Waals surface area contributed by atoms with E-state index in [4.69, 9.17) is 11.6 Å². The van der Waals surface area contributed by atoms with Gasteiger partial charge in [0, 0.05) is 10.7 Å². The van der Waals surface area contributed by atoms with Crippen LogP contribution in [0.3, 0.4) is 0 Å². The van der Waals surface area contributed by atoms with Crippen LogP contribution in [0.5, 0.6) is 0 Å². The number of imide groups is 1. The van der Waals surface area contributed by atoms with Gasteiger partial charge in [0.1, 0.15) is 5.70 Å². The maximum atomic E-state index is 13.3. The second kappa shape index (κ2) is 8.17. The molecule has 2 amide bonds. The highest BCUT2D eigenvalue weighted by Crippen LogP contribution is 2.32. The molecule has 5 heteroatoms. The molecule has 4 rings (SSSR count). The number of benzene rings is 3. The first-order valence-electron chi connectivity index (χ1n) is 9.68. The maximum absolute atomic E-state index is 13.3. The largest absolute Gasteiger partial charge is 0.350 e. The van der Waals surface area contributed by atoms with Gasteiger partial charge in [-0.1, -0.05) is 60.1 Å². The average Bonchev–Trinajstić information content (AvgIpc) is 2.97. The molecule has 0 aliphatic carbocycles. The van der Waals surface area contributed by atoms with E-state index in [2.05, 4.69) is 5.32 Å². The van der Waals surface area contributed by atoms with Crippen molar-refractivity contribution in [2.24, 2.45) is 0 Å². The molecular formula is C25H21ClN2O2. The average molecular weight is 417 g/mol. The van der Waals surface area contributed by atoms with Crippen molar-refractivity contribution in [2.75, 3.05) is 5.32 Å². The Labute approximate surface area is 180 Å². The predicted octanol–water partition coefficient (Wildman–Crippen LogP) is 5.35. The Balaban J connectivity index is 1.72. The van der Waals surface area contributed by atoms with E-state index in [1.165, 1.54) is 4.90 Å². The molecule has 0 fully saturated rings. The quantitative estimate of drug-likeness (QED) is 0.570. The number of amides is 2. The van der Waals surface area contributed by atoms with Crippen LogP contribution in [0.15, 0.2) is 78.5 Å². The summed E-state index contributed by atoms with van der Waals surface area (Å²) in [5, 5.41) is 3.82. The molecule has 0 saturated carbocycles. The highest BCUT2D eigenvalue weighted by atomic mass is 35.5. The summed E-state index contributed by atoms with van der Waals surface area (Å²) in [7, 11) is 0. The Morgan fingerprint density at radius 3 is 2.20 bits per heavy atom. The third-order valence-electron chi connectivity index (χ3n) is 5.26. The summed E-state index contributed by atoms with van der Waals surface area (Å²) in [4.78, 5) is 27.8. The topological polar surface area (TPSA) is 49.4 Å². The fraction of sp³-hybridized carbons (Fsp3) is 0.120. The molecule has 4 nitrogen and oxygen atoms in total. The SMILES string of the molecule is Cc1ccc(NC2=C(c3ccccc3)C(=O)N(Cc3ccc(Cl)cc3)C2=O)cc1C. The van der Waals surface area contributed by atoms with E-state index in [1.807, 2.05) is 74.5 Å². The number of anilines is 1. The van der Waals surface area contributed by atoms with Crippen LogP contribution in [-0.2, 0) is 16.1 Å². The number of nitrogens with zero attached hydrogens (tertiary/aromatic N) is 1. The van der Waals surface area contributed by atoms with Gasteiger partial charge in [-0.3, -0.25) is 14.5 Å². The molecule has 1 heterocycles. The van der Waals surface area contributed by atoms with Crippen molar-refractivity contribution in [1.29, 1.82) is 0 Å². The summed E-state index contributed by atoms with van der Waals surface area (Å²) in [5.41, 5.74) is 5.27. The van der Waals surface area contributed by atoms with Gasteiger partial charge < -0.3 is 5.32 Å². The van der Waals surface area contributed by atoms with Crippen molar-refractivity contribution in [3.05, 3.63) is 106 Å². The summed E-state index contributed by atoms with van der Waals surface area (Å²) in [6.07, 6.45) is 0. The molecule has 0 radical (unpaired) electrons. The summed E-state index contributed by atoms with van der Waals surface area (Å²) in [5.74, 6) is -0.653. The monoisotopic (exact) mass is 416 g/mol. The van der Waals surface area contributed by atoms with E-state index in [0.717, 1.165) is 22.4 Å². The van der Waals surface area contributed by atoms with Crippen LogP contribution >= 0.6 is 11.6 Å². The Morgan fingerprint density at radius 1 is 0.833 bits per heavy atom. The van der Waals surface area contributed by atoms with Crippen LogP contribution < -0.4 is 5.32 Å². The lowest BCUT2D eigenvalue weighted by Crippen LogP contribution is -2.32. The first kappa shape index (κ1) is 19.9. The minimum absolute atomic E-state index is 0.184. The van der Waals surface area contributed by atoms with Gasteiger partial charge in [0.05, 0.1) is 12.1 Å². The summed E-state index contributed by atoms with van der Waals surface area (Å²) in [6.45, 7) is 4.23. The molecule has 1 aliphatic heterocycles. The van der Waals surface area contributed by atoms with Crippen LogP contribution in [0.2, 0.25) is 5.02 Å². The van der Waals surface area contributed by atoms with E-state index in [0.29, 0.717) is 21.9 Å². The fourth-order valence-corrected chi connectivity index (χ4v) is 3.57. The number of carbonyl (C=O) groups excluding carboxylic acids is 2. The van der Waals surface area contributed by atoms with Gasteiger partial charge in [0.15, 0.2) is 0 Å². The number of rotatable bonds is 5. The molecule has 1 N–H and O–H groups in total. The van der Waals surface area contributed by atoms with Crippen LogP contribution in [0.4, 0.5) is 5.69 Å². The van der Waals surface area contributed by atoms with Crippen LogP contribution in [0, 0.1) is 13.8 Å². The summed E-state index contributed by atoms with van der Waals surface area (Å²) >= 11 is 5.96. The van der Waals surface area contributed by atoms with Gasteiger partial charge >= 0.3 is 0 Å². The molecule has 3 aromatic rings. The Hall–Kier alpha value is -3.37. The second-order valence-electron chi connectivity index (χ2n) is 7.36. The van der Waals surface area contributed by atoms with Crippen molar-refractivity contribution in [2.45, 2.75) is 20.4 Å². The normalized spacial score (nSPS) is 13.9. The van der Waals surface area contributed by atoms with Crippen molar-refractivity contribution in [1.82, 2.24) is 4.90 Å². The summed E-state index contributed by atoms with van der Waals surface area (Å²) in [6, 6.07) is 22.3. The van der Waals surface area contributed by atoms with Gasteiger partial charge in [-0.15, -0.1) is 0 Å². The second-order valence-corrected chi connectivity index (χ2v) is 7.80. The predicted molar refractivity (Wildman–Crippen MR) is 120 cm³/mol. The van der Waals surface area contributed by atoms with Crippen molar-refractivity contribution in [3.8, 4) is 0 Å². The molecular weight excluding hydrogens is 396 g/mol. The van der Waals surface area contributed by atoms with Crippen LogP contribution in [0.1, 0.15) is 22.3 Å². The van der Waals surface area contributed by atoms with Gasteiger partial charge in [-0.05, 0) is 60.4 Å². The third-order valence-corrected chi connectivity index (χ3v) is 5.51. The first-order valence-corrected chi connectivity index (χ1v) is 10.1. The molecule has 0 atom stereocenters. The molecule has 0 unspecified atom stereocenters. The molecule has 0 saturated heterocycles. The zero-order chi connectivity index (χ0) is 21.3. The molecule has 30 heavy (non-hydrogen) atoms. The van der Waals surface area contributed by atoms with E-state index < -0.39 is 0 Å². The molecule has 0 aromatic heterocycles. The Morgan fingerprint density at radius 2 is 1.53 bits per heavy atom. The Bertz CT molecular complexity index is 1150. The first-order chi connectivity index (χ1) is 14.4. The van der Waals surface area contributed by atoms with E-state index >= 15 is 0 Å². The van der Waals surface area contributed by atoms with E-state index in [1.54, 1.807) is 12.1 Å². The number of carbonyl (C=O) groups is 2. The van der Waals surface area contributed by atoms with Crippen LogP contribution in [-0.4, -0.2) is 16.7 Å². The summed E-state index contributed by atoms with van der Waals surface area (Å²) < 4.78 is 0. The third kappa shape index (κ3) is 3.87. The Kier molecular flexibility index (Phi) is 5.42. The van der Waals surface area contributed by atoms with Gasteiger partial charge in [-0.25, -0.2) is 0 Å². The number of aryl methyl sites for hydroxylation is 2. The number of hydrogen-bond donors (Lipinski definition) is 1. The zero-order valence-corrected chi connectivity index (χ0v) is 17.5. The number of nitrogens with one attached hydrogen (secondary N) is 1. The molecule has 3 aromatic carbocycles. The van der Waals surface area contributed by atoms with Crippen molar-refractivity contribution < 1.29 is 9.59 Å². The van der Waals surface area contributed by atoms with Crippen molar-refractivity contribution in [3.63, 3.8) is 0 Å². The fourth-order valence-electron chi connectivity index (χ4n) is 3.44. The van der Waals surface area contributed by atoms with E-state index in [-0.39, 0.29) is 18.4 Å². The van der Waals surface area contributed by atoms with E-state index in [9.17, 15) is 9.59 Å². The standard InChI is InChI=1S/C25H21ClN2O2/c1-16-8-13-21(14-17(16)2)27-23-22(19-6-4-3-5-7-19)24(29)28(25(23)30)15-18-9-11-20(26)12-10-18/h3-14,27H,15H2,1-2H3. The van der Waals surface area contributed by atoms with Crippen LogP contribution in [0.25, 0.3) is 5.57 Å². The van der Waals surface area contributed by atoms with Gasteiger partial charge in [0.25, 0.3) is 11.8 Å². The lowest BCUT2D eigenvalue weighted by Gasteiger charge is -2.15. The molecule has 0 bridgehead atoms. The van der Waals surface area contributed by atoms with Gasteiger partial charge in [-0.2, -0.15) is 0 Å². The minimum Gasteiger partial charge on any atom is -0.350 e. The smallest absolute Gasteiger partial charge is 0.278 e. The highest BCUT2D eigenvalue weighted by molar-refractivity contribution is 6.36. The number of hydrogen-bond acceptors (Lipinski definition) is 3. The molecule has 1 aliphatic rings. The minimum atomic E-state index is -0.341. The lowest BCUT2D eigenvalue weighted by atomic mass is 10.0. The van der Waals surface area contributed by atoms with Crippen molar-refractivity contribution >= 4 is 34.7 Å². The molecule has 0 spiro atoms. The highest BCUT2D eigenvalue weighted by Gasteiger charge is 2.39. The molecule has 150 valence electrons. The lowest BCUT2D eigenvalue weighted by molar-refractivity contribution is -0.137. The zero-order valence-electron chi connectivity index (χ0n) is 16.8.